The summed E-state index contributed by atoms with van der Waals surface area (Å²) < 4.78 is 0. The van der Waals surface area contributed by atoms with Crippen molar-refractivity contribution in [2.45, 2.75) is 124 Å². The maximum absolute atomic E-state index is 5.68. The lowest BCUT2D eigenvalue weighted by atomic mass is 9.89. The van der Waals surface area contributed by atoms with Gasteiger partial charge in [-0.05, 0) is 18.3 Å². The Morgan fingerprint density at radius 1 is 0.455 bits per heavy atom. The molecule has 0 fully saturated rings. The van der Waals surface area contributed by atoms with Gasteiger partial charge in [0.2, 0.25) is 0 Å². The van der Waals surface area contributed by atoms with Gasteiger partial charge in [0, 0.05) is 5.88 Å². The quantitative estimate of drug-likeness (QED) is 0.196. The number of hydrogen-bond acceptors (Lipinski definition) is 0. The molecule has 0 N–H and O–H groups in total. The van der Waals surface area contributed by atoms with E-state index in [1.54, 1.807) is 0 Å². The number of rotatable bonds is 16. The van der Waals surface area contributed by atoms with Crippen LogP contribution in [0.1, 0.15) is 124 Å². The molecule has 0 amide bonds. The maximum Gasteiger partial charge on any atom is 0.0223 e. The highest BCUT2D eigenvalue weighted by molar-refractivity contribution is 6.17. The molecule has 0 rings (SSSR count). The molecule has 0 heterocycles. The van der Waals surface area contributed by atoms with E-state index in [4.69, 9.17) is 11.6 Å². The van der Waals surface area contributed by atoms with E-state index in [0.29, 0.717) is 5.41 Å². The van der Waals surface area contributed by atoms with Gasteiger partial charge in [-0.1, -0.05) is 111 Å². The van der Waals surface area contributed by atoms with Gasteiger partial charge in [0.25, 0.3) is 0 Å². The largest absolute Gasteiger partial charge is 0.127 e. The van der Waals surface area contributed by atoms with Crippen molar-refractivity contribution in [1.82, 2.24) is 0 Å². The standard InChI is InChI=1S/C21H43Cl/c1-21(2,3)19-17-15-13-11-9-7-5-4-6-8-10-12-14-16-18-20-22/h4-20H2,1-3H3. The first-order valence-electron chi connectivity index (χ1n) is 10.1. The van der Waals surface area contributed by atoms with E-state index < -0.39 is 0 Å². The van der Waals surface area contributed by atoms with Crippen LogP contribution in [-0.2, 0) is 0 Å². The Bertz CT molecular complexity index is 204. The first-order valence-corrected chi connectivity index (χ1v) is 10.7. The van der Waals surface area contributed by atoms with E-state index in [2.05, 4.69) is 20.8 Å². The predicted octanol–water partition coefficient (Wildman–Crippen LogP) is 8.51. The Hall–Kier alpha value is 0.290. The van der Waals surface area contributed by atoms with E-state index in [1.165, 1.54) is 103 Å². The average Bonchev–Trinajstić information content (AvgIpc) is 2.45. The molecule has 0 saturated heterocycles. The third-order valence-electron chi connectivity index (χ3n) is 4.56. The summed E-state index contributed by atoms with van der Waals surface area (Å²) in [5, 5.41) is 0. The summed E-state index contributed by atoms with van der Waals surface area (Å²) in [5.41, 5.74) is 0.532. The Kier molecular flexibility index (Phi) is 16.4. The van der Waals surface area contributed by atoms with Gasteiger partial charge in [0.15, 0.2) is 0 Å². The van der Waals surface area contributed by atoms with Gasteiger partial charge in [0.1, 0.15) is 0 Å². The van der Waals surface area contributed by atoms with Crippen LogP contribution >= 0.6 is 11.6 Å². The van der Waals surface area contributed by atoms with Crippen molar-refractivity contribution in [2.75, 3.05) is 5.88 Å². The lowest BCUT2D eigenvalue weighted by Crippen LogP contribution is -2.03. The molecule has 0 aromatic rings. The zero-order valence-electron chi connectivity index (χ0n) is 15.9. The fraction of sp³-hybridized carbons (Fsp3) is 1.00. The number of hydrogen-bond donors (Lipinski definition) is 0. The Morgan fingerprint density at radius 3 is 1.00 bits per heavy atom. The third-order valence-corrected chi connectivity index (χ3v) is 4.83. The summed E-state index contributed by atoms with van der Waals surface area (Å²) in [6.45, 7) is 7.06. The first-order chi connectivity index (χ1) is 10.6. The van der Waals surface area contributed by atoms with Crippen molar-refractivity contribution in [1.29, 1.82) is 0 Å². The molecule has 0 saturated carbocycles. The molecule has 0 radical (unpaired) electrons. The Balaban J connectivity index is 3.00. The first kappa shape index (κ1) is 22.3. The van der Waals surface area contributed by atoms with Gasteiger partial charge in [-0.25, -0.2) is 0 Å². The molecule has 1 heteroatoms. The second-order valence-electron chi connectivity index (χ2n) is 8.30. The van der Waals surface area contributed by atoms with Gasteiger partial charge < -0.3 is 0 Å². The zero-order chi connectivity index (χ0) is 16.5. The summed E-state index contributed by atoms with van der Waals surface area (Å²) in [6.07, 6.45) is 22.7. The van der Waals surface area contributed by atoms with Gasteiger partial charge in [-0.3, -0.25) is 0 Å². The highest BCUT2D eigenvalue weighted by Crippen LogP contribution is 2.22. The molecule has 0 aliphatic rings. The zero-order valence-corrected chi connectivity index (χ0v) is 16.7. The molecule has 0 atom stereocenters. The van der Waals surface area contributed by atoms with E-state index in [0.717, 1.165) is 5.88 Å². The topological polar surface area (TPSA) is 0 Å². The van der Waals surface area contributed by atoms with Gasteiger partial charge in [-0.2, -0.15) is 0 Å². The smallest absolute Gasteiger partial charge is 0.0223 e. The second kappa shape index (κ2) is 16.2. The summed E-state index contributed by atoms with van der Waals surface area (Å²) in [6, 6.07) is 0. The number of alkyl halides is 1. The lowest BCUT2D eigenvalue weighted by molar-refractivity contribution is 0.356. The molecule has 0 bridgehead atoms. The summed E-state index contributed by atoms with van der Waals surface area (Å²) in [7, 11) is 0. The average molecular weight is 331 g/mol. The van der Waals surface area contributed by atoms with E-state index in [1.807, 2.05) is 0 Å². The normalized spacial score (nSPS) is 12.0. The Morgan fingerprint density at radius 2 is 0.727 bits per heavy atom. The van der Waals surface area contributed by atoms with Gasteiger partial charge >= 0.3 is 0 Å². The summed E-state index contributed by atoms with van der Waals surface area (Å²) in [4.78, 5) is 0. The van der Waals surface area contributed by atoms with Crippen LogP contribution in [0.25, 0.3) is 0 Å². The maximum atomic E-state index is 5.68. The minimum atomic E-state index is 0.532. The molecule has 0 aromatic heterocycles. The fourth-order valence-electron chi connectivity index (χ4n) is 3.05. The van der Waals surface area contributed by atoms with Crippen LogP contribution in [0.4, 0.5) is 0 Å². The minimum absolute atomic E-state index is 0.532. The second-order valence-corrected chi connectivity index (χ2v) is 8.68. The molecule has 0 nitrogen and oxygen atoms in total. The highest BCUT2D eigenvalue weighted by atomic mass is 35.5. The van der Waals surface area contributed by atoms with Crippen molar-refractivity contribution in [3.8, 4) is 0 Å². The third kappa shape index (κ3) is 20.3. The molecule has 0 aliphatic carbocycles. The van der Waals surface area contributed by atoms with Crippen LogP contribution in [-0.4, -0.2) is 5.88 Å². The lowest BCUT2D eigenvalue weighted by Gasteiger charge is -2.17. The van der Waals surface area contributed by atoms with Crippen LogP contribution in [0.5, 0.6) is 0 Å². The number of halogens is 1. The number of unbranched alkanes of at least 4 members (excludes halogenated alkanes) is 14. The van der Waals surface area contributed by atoms with Crippen molar-refractivity contribution in [3.05, 3.63) is 0 Å². The van der Waals surface area contributed by atoms with Crippen molar-refractivity contribution < 1.29 is 0 Å². The summed E-state index contributed by atoms with van der Waals surface area (Å²) in [5.74, 6) is 0.844. The van der Waals surface area contributed by atoms with Crippen LogP contribution in [0.15, 0.2) is 0 Å². The molecule has 0 aromatic carbocycles. The van der Waals surface area contributed by atoms with Crippen LogP contribution in [0, 0.1) is 5.41 Å². The van der Waals surface area contributed by atoms with Crippen molar-refractivity contribution in [3.63, 3.8) is 0 Å². The van der Waals surface area contributed by atoms with Crippen LogP contribution in [0.2, 0.25) is 0 Å². The van der Waals surface area contributed by atoms with E-state index in [9.17, 15) is 0 Å². The summed E-state index contributed by atoms with van der Waals surface area (Å²) >= 11 is 5.68. The monoisotopic (exact) mass is 330 g/mol. The molecule has 22 heavy (non-hydrogen) atoms. The molecular formula is C21H43Cl. The fourth-order valence-corrected chi connectivity index (χ4v) is 3.24. The van der Waals surface area contributed by atoms with Gasteiger partial charge in [-0.15, -0.1) is 11.6 Å². The molecule has 0 aliphatic heterocycles. The van der Waals surface area contributed by atoms with Crippen LogP contribution in [0.3, 0.4) is 0 Å². The SMILES string of the molecule is CC(C)(C)CCCCCCCCCCCCCCCCCCl. The minimum Gasteiger partial charge on any atom is -0.127 e. The van der Waals surface area contributed by atoms with Crippen molar-refractivity contribution in [2.24, 2.45) is 5.41 Å². The molecule has 0 unspecified atom stereocenters. The van der Waals surface area contributed by atoms with E-state index >= 15 is 0 Å². The van der Waals surface area contributed by atoms with Crippen molar-refractivity contribution >= 4 is 11.6 Å². The molecule has 0 spiro atoms. The highest BCUT2D eigenvalue weighted by Gasteiger charge is 2.08. The Labute approximate surface area is 146 Å². The van der Waals surface area contributed by atoms with E-state index in [-0.39, 0.29) is 0 Å². The molecular weight excluding hydrogens is 288 g/mol. The molecule has 134 valence electrons. The van der Waals surface area contributed by atoms with Crippen LogP contribution < -0.4 is 0 Å². The predicted molar refractivity (Wildman–Crippen MR) is 104 cm³/mol. The van der Waals surface area contributed by atoms with Gasteiger partial charge in [0.05, 0.1) is 0 Å².